The van der Waals surface area contributed by atoms with E-state index < -0.39 is 0 Å². The van der Waals surface area contributed by atoms with Gasteiger partial charge in [-0.1, -0.05) is 69.8 Å². The minimum Gasteiger partial charge on any atom is -0.207 e. The highest BCUT2D eigenvalue weighted by Crippen LogP contribution is 2.37. The molecule has 0 nitrogen and oxygen atoms in total. The average Bonchev–Trinajstić information content (AvgIpc) is 2.72. The minimum atomic E-state index is -0.207. The molecule has 0 radical (unpaired) electrons. The van der Waals surface area contributed by atoms with E-state index in [1.54, 1.807) is 12.1 Å². The number of halogens is 1. The molecule has 2 saturated carbocycles. The molecule has 0 N–H and O–H groups in total. The normalized spacial score (nSPS) is 28.7. The molecule has 0 heterocycles. The van der Waals surface area contributed by atoms with Crippen molar-refractivity contribution < 1.29 is 4.39 Å². The Hall–Kier alpha value is -1.55. The average molecular weight is 367 g/mol. The number of benzene rings is 1. The van der Waals surface area contributed by atoms with Gasteiger partial charge >= 0.3 is 0 Å². The molecular weight excluding hydrogens is 331 g/mol. The van der Waals surface area contributed by atoms with Gasteiger partial charge in [0, 0.05) is 5.56 Å². The summed E-state index contributed by atoms with van der Waals surface area (Å²) >= 11 is 0. The van der Waals surface area contributed by atoms with Crippen molar-refractivity contribution in [2.45, 2.75) is 77.6 Å². The Morgan fingerprint density at radius 2 is 1.41 bits per heavy atom. The molecule has 1 aromatic carbocycles. The van der Waals surface area contributed by atoms with E-state index in [9.17, 15) is 4.39 Å². The summed E-state index contributed by atoms with van der Waals surface area (Å²) in [4.78, 5) is 0. The number of hydrogen-bond donors (Lipinski definition) is 0. The maximum atomic E-state index is 12.9. The Morgan fingerprint density at radius 3 is 2.00 bits per heavy atom. The zero-order chi connectivity index (χ0) is 18.9. The highest BCUT2D eigenvalue weighted by atomic mass is 19.1. The zero-order valence-electron chi connectivity index (χ0n) is 16.9. The van der Waals surface area contributed by atoms with Crippen LogP contribution in [0.2, 0.25) is 0 Å². The van der Waals surface area contributed by atoms with Gasteiger partial charge in [-0.15, -0.1) is 0 Å². The molecule has 0 atom stereocenters. The first kappa shape index (κ1) is 20.2. The highest BCUT2D eigenvalue weighted by molar-refractivity contribution is 5.36. The monoisotopic (exact) mass is 366 g/mol. The van der Waals surface area contributed by atoms with Gasteiger partial charge in [-0.2, -0.15) is 0 Å². The first-order valence-corrected chi connectivity index (χ1v) is 11.2. The van der Waals surface area contributed by atoms with Gasteiger partial charge in [0.05, 0.1) is 0 Å². The molecule has 1 aromatic rings. The smallest absolute Gasteiger partial charge is 0.123 e. The van der Waals surface area contributed by atoms with Gasteiger partial charge in [-0.3, -0.25) is 0 Å². The van der Waals surface area contributed by atoms with Crippen molar-refractivity contribution in [2.75, 3.05) is 0 Å². The van der Waals surface area contributed by atoms with Crippen LogP contribution in [0.4, 0.5) is 4.39 Å². The van der Waals surface area contributed by atoms with Crippen LogP contribution >= 0.6 is 0 Å². The van der Waals surface area contributed by atoms with Gasteiger partial charge < -0.3 is 0 Å². The van der Waals surface area contributed by atoms with Crippen molar-refractivity contribution in [1.29, 1.82) is 0 Å². The highest BCUT2D eigenvalue weighted by Gasteiger charge is 2.23. The number of allylic oxidation sites excluding steroid dienone is 2. The lowest BCUT2D eigenvalue weighted by molar-refractivity contribution is 0.224. The summed E-state index contributed by atoms with van der Waals surface area (Å²) < 4.78 is 12.9. The maximum absolute atomic E-state index is 12.9. The molecule has 27 heavy (non-hydrogen) atoms. The Balaban J connectivity index is 1.32. The molecule has 2 aliphatic rings. The largest absolute Gasteiger partial charge is 0.207 e. The van der Waals surface area contributed by atoms with Crippen LogP contribution in [0.15, 0.2) is 36.4 Å². The SMILES string of the molecule is CCC1CCC(CCC2CCC(/C=C/C#Cc3ccc(F)cc3)CC2)CC1. The minimum absolute atomic E-state index is 0.207. The lowest BCUT2D eigenvalue weighted by Crippen LogP contribution is -2.17. The van der Waals surface area contributed by atoms with E-state index in [1.807, 2.05) is 6.08 Å². The summed E-state index contributed by atoms with van der Waals surface area (Å²) in [5, 5.41) is 0. The molecule has 0 aromatic heterocycles. The lowest BCUT2D eigenvalue weighted by atomic mass is 9.75. The van der Waals surface area contributed by atoms with Gasteiger partial charge in [0.25, 0.3) is 0 Å². The van der Waals surface area contributed by atoms with Crippen LogP contribution in [0, 0.1) is 41.3 Å². The predicted octanol–water partition coefficient (Wildman–Crippen LogP) is 7.54. The van der Waals surface area contributed by atoms with Gasteiger partial charge in [-0.05, 0) is 79.7 Å². The summed E-state index contributed by atoms with van der Waals surface area (Å²) in [5.41, 5.74) is 0.873. The van der Waals surface area contributed by atoms with E-state index in [4.69, 9.17) is 0 Å². The predicted molar refractivity (Wildman–Crippen MR) is 113 cm³/mol. The van der Waals surface area contributed by atoms with Crippen LogP contribution < -0.4 is 0 Å². The molecule has 146 valence electrons. The fourth-order valence-electron chi connectivity index (χ4n) is 4.91. The van der Waals surface area contributed by atoms with Gasteiger partial charge in [0.1, 0.15) is 5.82 Å². The fraction of sp³-hybridized carbons (Fsp3) is 0.615. The second kappa shape index (κ2) is 10.7. The summed E-state index contributed by atoms with van der Waals surface area (Å²) in [7, 11) is 0. The molecule has 3 rings (SSSR count). The first-order valence-electron chi connectivity index (χ1n) is 11.2. The van der Waals surface area contributed by atoms with Crippen LogP contribution in [-0.2, 0) is 0 Å². The van der Waals surface area contributed by atoms with Crippen LogP contribution in [0.5, 0.6) is 0 Å². The molecule has 0 unspecified atom stereocenters. The third-order valence-corrected chi connectivity index (χ3v) is 6.93. The van der Waals surface area contributed by atoms with Gasteiger partial charge in [0.2, 0.25) is 0 Å². The molecule has 2 aliphatic carbocycles. The summed E-state index contributed by atoms with van der Waals surface area (Å²) in [6, 6.07) is 6.39. The molecule has 0 amide bonds. The zero-order valence-corrected chi connectivity index (χ0v) is 16.9. The van der Waals surface area contributed by atoms with Crippen LogP contribution in [0.25, 0.3) is 0 Å². The third kappa shape index (κ3) is 6.84. The molecule has 0 aliphatic heterocycles. The van der Waals surface area contributed by atoms with Crippen LogP contribution in [-0.4, -0.2) is 0 Å². The van der Waals surface area contributed by atoms with E-state index in [2.05, 4.69) is 24.8 Å². The van der Waals surface area contributed by atoms with Crippen molar-refractivity contribution in [3.8, 4) is 11.8 Å². The molecule has 0 saturated heterocycles. The Morgan fingerprint density at radius 1 is 0.852 bits per heavy atom. The van der Waals surface area contributed by atoms with Gasteiger partial charge in [0.15, 0.2) is 0 Å². The van der Waals surface area contributed by atoms with Crippen molar-refractivity contribution in [3.63, 3.8) is 0 Å². The summed E-state index contributed by atoms with van der Waals surface area (Å²) in [6.45, 7) is 2.35. The molecule has 1 heteroatoms. The van der Waals surface area contributed by atoms with Crippen molar-refractivity contribution in [1.82, 2.24) is 0 Å². The van der Waals surface area contributed by atoms with Gasteiger partial charge in [-0.25, -0.2) is 4.39 Å². The third-order valence-electron chi connectivity index (χ3n) is 6.93. The second-order valence-electron chi connectivity index (χ2n) is 8.79. The molecule has 2 fully saturated rings. The molecule has 0 spiro atoms. The first-order chi connectivity index (χ1) is 13.2. The summed E-state index contributed by atoms with van der Waals surface area (Å²) in [6.07, 6.45) is 20.0. The van der Waals surface area contributed by atoms with E-state index in [-0.39, 0.29) is 5.82 Å². The fourth-order valence-corrected chi connectivity index (χ4v) is 4.91. The van der Waals surface area contributed by atoms with Crippen molar-refractivity contribution in [3.05, 3.63) is 47.8 Å². The number of hydrogen-bond acceptors (Lipinski definition) is 0. The quantitative estimate of drug-likeness (QED) is 0.472. The van der Waals surface area contributed by atoms with E-state index >= 15 is 0 Å². The van der Waals surface area contributed by atoms with Crippen molar-refractivity contribution in [2.24, 2.45) is 23.7 Å². The maximum Gasteiger partial charge on any atom is 0.123 e. The number of rotatable bonds is 5. The Kier molecular flexibility index (Phi) is 8.00. The lowest BCUT2D eigenvalue weighted by Gasteiger charge is -2.31. The summed E-state index contributed by atoms with van der Waals surface area (Å²) in [5.74, 6) is 9.68. The molecule has 0 bridgehead atoms. The van der Waals surface area contributed by atoms with E-state index in [0.717, 1.165) is 23.3 Å². The van der Waals surface area contributed by atoms with E-state index in [1.165, 1.54) is 82.8 Å². The Labute approximate surface area is 165 Å². The standard InChI is InChI=1S/C26H35F/c1-2-21-7-9-24(10-8-21)15-16-25-13-11-22(12-14-25)5-3-4-6-23-17-19-26(27)20-18-23/h3,5,17-22,24-25H,2,7-16H2,1H3/b5-3+. The topological polar surface area (TPSA) is 0 Å². The van der Waals surface area contributed by atoms with Crippen LogP contribution in [0.3, 0.4) is 0 Å². The Bertz CT molecular complexity index is 629. The molecular formula is C26H35F. The van der Waals surface area contributed by atoms with Crippen LogP contribution in [0.1, 0.15) is 83.1 Å². The van der Waals surface area contributed by atoms with Crippen molar-refractivity contribution >= 4 is 0 Å². The second-order valence-corrected chi connectivity index (χ2v) is 8.79. The van der Waals surface area contributed by atoms with E-state index in [0.29, 0.717) is 5.92 Å².